The molecule has 1 unspecified atom stereocenters. The number of quaternary nitrogens is 1. The van der Waals surface area contributed by atoms with Crippen molar-refractivity contribution in [2.24, 2.45) is 0 Å². The van der Waals surface area contributed by atoms with E-state index in [0.717, 1.165) is 16.7 Å². The smallest absolute Gasteiger partial charge is 0.257 e. The molecule has 0 spiro atoms. The first-order valence-electron chi connectivity index (χ1n) is 5.34. The Kier molecular flexibility index (Phi) is 2.28. The van der Waals surface area contributed by atoms with Crippen LogP contribution in [0.25, 0.3) is 0 Å². The maximum atomic E-state index is 11.8. The maximum Gasteiger partial charge on any atom is 0.257 e. The van der Waals surface area contributed by atoms with Gasteiger partial charge in [-0.05, 0) is 17.9 Å². The maximum absolute atomic E-state index is 11.8. The van der Waals surface area contributed by atoms with Crippen molar-refractivity contribution in [2.75, 3.05) is 5.75 Å². The predicted molar refractivity (Wildman–Crippen MR) is 64.6 cm³/mol. The second-order valence-electron chi connectivity index (χ2n) is 5.28. The van der Waals surface area contributed by atoms with E-state index >= 15 is 0 Å². The van der Waals surface area contributed by atoms with E-state index in [1.54, 1.807) is 6.92 Å². The molecule has 1 atom stereocenters. The van der Waals surface area contributed by atoms with E-state index in [1.807, 2.05) is 33.8 Å². The number of hydrogen-bond acceptors (Lipinski definition) is 4. The Balaban J connectivity index is 2.41. The summed E-state index contributed by atoms with van der Waals surface area (Å²) in [6, 6.07) is 0. The molecule has 0 N–H and O–H groups in total. The van der Waals surface area contributed by atoms with E-state index in [0.29, 0.717) is 0 Å². The molecule has 16 heavy (non-hydrogen) atoms. The number of nitrogens with zero attached hydrogens (tertiary/aromatic N) is 1. The van der Waals surface area contributed by atoms with Gasteiger partial charge in [-0.25, -0.2) is 8.42 Å². The van der Waals surface area contributed by atoms with Crippen LogP contribution in [0.3, 0.4) is 0 Å². The van der Waals surface area contributed by atoms with Crippen molar-refractivity contribution in [1.29, 1.82) is 0 Å². The van der Waals surface area contributed by atoms with Crippen LogP contribution in [0.4, 0.5) is 0 Å². The fraction of sp³-hybridized carbons (Fsp3) is 0.800. The molecule has 3 heterocycles. The Morgan fingerprint density at radius 1 is 1.38 bits per heavy atom. The summed E-state index contributed by atoms with van der Waals surface area (Å²) in [6.45, 7) is 9.72. The average molecular weight is 264 g/mol. The summed E-state index contributed by atoms with van der Waals surface area (Å²) < 4.78 is 23.7. The van der Waals surface area contributed by atoms with Crippen LogP contribution in [0.1, 0.15) is 34.6 Å². The van der Waals surface area contributed by atoms with Crippen LogP contribution in [0.15, 0.2) is 11.8 Å². The van der Waals surface area contributed by atoms with Gasteiger partial charge >= 0.3 is 0 Å². The monoisotopic (exact) mass is 264 g/mol. The molecule has 1 saturated heterocycles. The van der Waals surface area contributed by atoms with Gasteiger partial charge in [0, 0.05) is 19.9 Å². The Labute approximate surface area is 101 Å². The third-order valence-corrected chi connectivity index (χ3v) is 7.54. The Bertz CT molecular complexity index is 454. The highest BCUT2D eigenvalue weighted by Crippen LogP contribution is 2.64. The van der Waals surface area contributed by atoms with E-state index < -0.39 is 8.87 Å². The van der Waals surface area contributed by atoms with Gasteiger partial charge in [0.25, 0.3) is 19.8 Å². The molecular weight excluding hydrogens is 246 g/mol. The van der Waals surface area contributed by atoms with E-state index in [2.05, 4.69) is 0 Å². The van der Waals surface area contributed by atoms with E-state index in [-0.39, 0.29) is 20.9 Å². The molecule has 3 rings (SSSR count). The van der Waals surface area contributed by atoms with Crippen molar-refractivity contribution < 1.29 is 17.3 Å². The van der Waals surface area contributed by atoms with Gasteiger partial charge < -0.3 is 0 Å². The number of rotatable bonds is 3. The molecule has 1 fully saturated rings. The summed E-state index contributed by atoms with van der Waals surface area (Å²) >= 11 is 0. The van der Waals surface area contributed by atoms with Crippen molar-refractivity contribution in [1.82, 2.24) is 0 Å². The SMILES string of the molecule is CCS(=O)(=O)S[N+]12OC(=CC1(C)C)C2(C)C. The minimum absolute atomic E-state index is 0.103. The molecule has 6 heteroatoms. The second kappa shape index (κ2) is 2.97. The highest BCUT2D eigenvalue weighted by Gasteiger charge is 2.77. The quantitative estimate of drug-likeness (QED) is 0.445. The second-order valence-corrected chi connectivity index (χ2v) is 9.61. The fourth-order valence-corrected chi connectivity index (χ4v) is 5.89. The Hall–Kier alpha value is -0.200. The summed E-state index contributed by atoms with van der Waals surface area (Å²) in [5, 5.41) is 0. The first-order valence-corrected chi connectivity index (χ1v) is 8.28. The molecule has 0 radical (unpaired) electrons. The van der Waals surface area contributed by atoms with Crippen molar-refractivity contribution in [3.63, 3.8) is 0 Å². The minimum atomic E-state index is -3.13. The predicted octanol–water partition coefficient (Wildman–Crippen LogP) is 2.20. The van der Waals surface area contributed by atoms with Gasteiger partial charge in [-0.15, -0.1) is 0 Å². The van der Waals surface area contributed by atoms with Gasteiger partial charge in [-0.2, -0.15) is 0 Å². The molecular formula is C10H18NO3S2+. The normalized spacial score (nSPS) is 33.9. The third kappa shape index (κ3) is 1.23. The van der Waals surface area contributed by atoms with Crippen molar-refractivity contribution in [2.45, 2.75) is 45.7 Å². The largest absolute Gasteiger partial charge is 0.298 e. The van der Waals surface area contributed by atoms with Gasteiger partial charge in [-0.1, -0.05) is 6.92 Å². The summed E-state index contributed by atoms with van der Waals surface area (Å²) in [5.41, 5.74) is -0.553. The molecule has 0 aromatic carbocycles. The first kappa shape index (κ1) is 12.3. The summed E-state index contributed by atoms with van der Waals surface area (Å²) in [6.07, 6.45) is 2.03. The summed E-state index contributed by atoms with van der Waals surface area (Å²) in [7, 11) is -2.21. The fourth-order valence-electron chi connectivity index (χ4n) is 2.33. The van der Waals surface area contributed by atoms with Crippen LogP contribution in [0.5, 0.6) is 0 Å². The van der Waals surface area contributed by atoms with Crippen LogP contribution in [-0.4, -0.2) is 29.3 Å². The Morgan fingerprint density at radius 3 is 2.25 bits per heavy atom. The van der Waals surface area contributed by atoms with Crippen LogP contribution >= 0.6 is 11.0 Å². The number of hydrogen-bond donors (Lipinski definition) is 0. The van der Waals surface area contributed by atoms with Crippen molar-refractivity contribution in [3.05, 3.63) is 11.8 Å². The van der Waals surface area contributed by atoms with E-state index in [1.165, 1.54) is 0 Å². The molecule has 0 saturated carbocycles. The molecule has 4 nitrogen and oxygen atoms in total. The van der Waals surface area contributed by atoms with Crippen molar-refractivity contribution >= 4 is 19.8 Å². The molecule has 0 aliphatic carbocycles. The molecule has 3 aliphatic rings. The Morgan fingerprint density at radius 2 is 1.94 bits per heavy atom. The summed E-state index contributed by atoms with van der Waals surface area (Å²) in [5.74, 6) is 1.03. The standard InChI is InChI=1S/C10H18NO3S2/c1-6-16(12,13)15-11-9(2,3)7-8(14-11)10(11,4)5/h7H,6H2,1-5H3/q+1. The highest BCUT2D eigenvalue weighted by atomic mass is 33.1. The van der Waals surface area contributed by atoms with Gasteiger partial charge in [-0.3, -0.25) is 4.84 Å². The van der Waals surface area contributed by atoms with Gasteiger partial charge in [0.05, 0.1) is 5.75 Å². The molecule has 0 aromatic heterocycles. The number of fused-ring (bicyclic) bond motifs is 1. The average Bonchev–Trinajstić information content (AvgIpc) is 2.48. The number of hydroxylamine groups is 2. The van der Waals surface area contributed by atoms with Gasteiger partial charge in [0.1, 0.15) is 0 Å². The lowest BCUT2D eigenvalue weighted by Crippen LogP contribution is -2.69. The molecule has 3 aliphatic heterocycles. The van der Waals surface area contributed by atoms with Crippen LogP contribution in [-0.2, 0) is 13.7 Å². The minimum Gasteiger partial charge on any atom is -0.298 e. The molecule has 0 aromatic rings. The van der Waals surface area contributed by atoms with Gasteiger partial charge in [0.15, 0.2) is 5.54 Å². The molecule has 2 bridgehead atoms. The van der Waals surface area contributed by atoms with Crippen LogP contribution in [0.2, 0.25) is 0 Å². The lowest BCUT2D eigenvalue weighted by Gasteiger charge is -2.52. The van der Waals surface area contributed by atoms with E-state index in [4.69, 9.17) is 4.84 Å². The zero-order valence-electron chi connectivity index (χ0n) is 10.3. The van der Waals surface area contributed by atoms with Gasteiger partial charge in [0.2, 0.25) is 11.3 Å². The topological polar surface area (TPSA) is 43.4 Å². The lowest BCUT2D eigenvalue weighted by atomic mass is 10.0. The van der Waals surface area contributed by atoms with Crippen LogP contribution < -0.4 is 0 Å². The van der Waals surface area contributed by atoms with E-state index in [9.17, 15) is 8.42 Å². The third-order valence-electron chi connectivity index (χ3n) is 3.38. The lowest BCUT2D eigenvalue weighted by molar-refractivity contribution is -1.09. The van der Waals surface area contributed by atoms with Crippen molar-refractivity contribution in [3.8, 4) is 0 Å². The molecule has 0 amide bonds. The first-order chi connectivity index (χ1) is 7.08. The zero-order valence-corrected chi connectivity index (χ0v) is 11.9. The highest BCUT2D eigenvalue weighted by molar-refractivity contribution is 8.69. The van der Waals surface area contributed by atoms with Crippen LogP contribution in [0, 0.1) is 0 Å². The zero-order chi connectivity index (χ0) is 12.4. The molecule has 92 valence electrons. The summed E-state index contributed by atoms with van der Waals surface area (Å²) in [4.78, 5) is 5.69.